The number of rotatable bonds is 45. The molecule has 0 aliphatic carbocycles. The lowest BCUT2D eigenvalue weighted by Crippen LogP contribution is -2.39. The molecule has 5 atom stereocenters. The monoisotopic (exact) mass is 972 g/mol. The Labute approximate surface area is 404 Å². The predicted octanol–water partition coefficient (Wildman–Crippen LogP) is 11.3. The Balaban J connectivity index is 5.16. The molecule has 1 unspecified atom stereocenters. The normalized spacial score (nSPS) is 15.3. The van der Waals surface area contributed by atoms with Crippen molar-refractivity contribution in [3.8, 4) is 0 Å². The summed E-state index contributed by atoms with van der Waals surface area (Å²) in [5.41, 5.74) is 6.22. The van der Waals surface area contributed by atoms with E-state index in [9.17, 15) is 28.9 Å². The first-order valence-corrected chi connectivity index (χ1v) is 27.5. The first kappa shape index (κ1) is 63.5. The Bertz CT molecular complexity index is 1430. The Kier molecular flexibility index (Phi) is 40.9. The van der Waals surface area contributed by atoms with Gasteiger partial charge in [-0.15, -0.1) is 11.8 Å². The van der Waals surface area contributed by atoms with Gasteiger partial charge in [0.1, 0.15) is 25.8 Å². The molecule has 0 fully saturated rings. The molecule has 0 heterocycles. The SMILES string of the molecule is CCCCC/C=C\C\C=C/C=C/C=C/[C@@H](SC[C@H](N)C(=O)OC[C@H](COP(=O)(O)OCC[N+](C)(C)C)OC(=O)CCCCCCCCC/C=C\CCCCCCCC)[C@@H](O)CCCC(=O)O. The van der Waals surface area contributed by atoms with Crippen LogP contribution < -0.4 is 5.73 Å². The highest BCUT2D eigenvalue weighted by Gasteiger charge is 2.28. The summed E-state index contributed by atoms with van der Waals surface area (Å²) in [4.78, 5) is 47.3. The number of hydrogen-bond donors (Lipinski definition) is 4. The molecule has 0 spiro atoms. The van der Waals surface area contributed by atoms with Crippen LogP contribution in [0.25, 0.3) is 0 Å². The number of carbonyl (C=O) groups excluding carboxylic acids is 2. The molecule has 0 aromatic rings. The largest absolute Gasteiger partial charge is 0.481 e. The van der Waals surface area contributed by atoms with Crippen molar-refractivity contribution in [3.63, 3.8) is 0 Å². The summed E-state index contributed by atoms with van der Waals surface area (Å²) in [5.74, 6) is -2.24. The van der Waals surface area contributed by atoms with Gasteiger partial charge in [-0.05, 0) is 64.2 Å². The Morgan fingerprint density at radius 3 is 1.88 bits per heavy atom. The lowest BCUT2D eigenvalue weighted by molar-refractivity contribution is -0.870. The van der Waals surface area contributed by atoms with Crippen molar-refractivity contribution in [1.29, 1.82) is 0 Å². The summed E-state index contributed by atoms with van der Waals surface area (Å²) in [7, 11) is 1.21. The number of aliphatic hydroxyl groups excluding tert-OH is 1. The number of hydrogen-bond acceptors (Lipinski definition) is 11. The Morgan fingerprint density at radius 2 is 1.26 bits per heavy atom. The molecular formula is C51H92N2O11PS+. The second kappa shape index (κ2) is 42.5. The molecule has 382 valence electrons. The highest BCUT2D eigenvalue weighted by Crippen LogP contribution is 2.43. The smallest absolute Gasteiger partial charge is 0.472 e. The van der Waals surface area contributed by atoms with Gasteiger partial charge < -0.3 is 34.8 Å². The van der Waals surface area contributed by atoms with Gasteiger partial charge in [0.15, 0.2) is 6.10 Å². The van der Waals surface area contributed by atoms with Gasteiger partial charge in [-0.3, -0.25) is 23.4 Å². The number of unbranched alkanes of at least 4 members (excludes halogenated alkanes) is 16. The predicted molar refractivity (Wildman–Crippen MR) is 271 cm³/mol. The van der Waals surface area contributed by atoms with E-state index in [1.807, 2.05) is 45.4 Å². The number of carboxylic acid groups (broad SMARTS) is 1. The fourth-order valence-electron chi connectivity index (χ4n) is 6.45. The Hall–Kier alpha value is -2.55. The van der Waals surface area contributed by atoms with Crippen LogP contribution in [-0.4, -0.2) is 114 Å². The van der Waals surface area contributed by atoms with Gasteiger partial charge in [-0.2, -0.15) is 0 Å². The fourth-order valence-corrected chi connectivity index (χ4v) is 8.32. The molecule has 0 bridgehead atoms. The summed E-state index contributed by atoms with van der Waals surface area (Å²) in [6.07, 6.45) is 41.6. The summed E-state index contributed by atoms with van der Waals surface area (Å²) in [6.45, 7) is 3.81. The van der Waals surface area contributed by atoms with Crippen molar-refractivity contribution in [2.75, 3.05) is 53.3 Å². The molecule has 0 saturated heterocycles. The number of ether oxygens (including phenoxy) is 2. The Morgan fingerprint density at radius 1 is 0.697 bits per heavy atom. The van der Waals surface area contributed by atoms with Gasteiger partial charge in [0.2, 0.25) is 0 Å². The van der Waals surface area contributed by atoms with Gasteiger partial charge >= 0.3 is 25.7 Å². The average molecular weight is 972 g/mol. The minimum absolute atomic E-state index is 0.0471. The second-order valence-electron chi connectivity index (χ2n) is 18.1. The minimum atomic E-state index is -4.52. The third-order valence-corrected chi connectivity index (χ3v) is 12.9. The number of carboxylic acids is 1. The highest BCUT2D eigenvalue weighted by atomic mass is 32.2. The molecule has 0 aliphatic rings. The van der Waals surface area contributed by atoms with Gasteiger partial charge in [-0.1, -0.05) is 152 Å². The molecule has 0 aromatic carbocycles. The molecular weight excluding hydrogens is 880 g/mol. The van der Waals surface area contributed by atoms with E-state index in [4.69, 9.17) is 29.4 Å². The van der Waals surface area contributed by atoms with Gasteiger partial charge in [0.05, 0.1) is 33.9 Å². The van der Waals surface area contributed by atoms with Gasteiger partial charge in [0.25, 0.3) is 0 Å². The van der Waals surface area contributed by atoms with Crippen LogP contribution in [-0.2, 0) is 37.5 Å². The first-order chi connectivity index (χ1) is 31.6. The topological polar surface area (TPSA) is 192 Å². The minimum Gasteiger partial charge on any atom is -0.481 e. The van der Waals surface area contributed by atoms with Crippen molar-refractivity contribution < 1.29 is 57.1 Å². The van der Waals surface area contributed by atoms with Gasteiger partial charge in [-0.25, -0.2) is 4.57 Å². The van der Waals surface area contributed by atoms with Crippen LogP contribution in [0.1, 0.15) is 168 Å². The second-order valence-corrected chi connectivity index (χ2v) is 20.7. The number of phosphoric acid groups is 1. The van der Waals surface area contributed by atoms with E-state index in [1.54, 1.807) is 12.2 Å². The molecule has 66 heavy (non-hydrogen) atoms. The van der Waals surface area contributed by atoms with Crippen molar-refractivity contribution in [2.45, 2.75) is 191 Å². The molecule has 5 N–H and O–H groups in total. The number of aliphatic hydroxyl groups is 1. The molecule has 0 amide bonds. The van der Waals surface area contributed by atoms with E-state index in [0.717, 1.165) is 44.9 Å². The summed E-state index contributed by atoms with van der Waals surface area (Å²) < 4.78 is 34.4. The number of phosphoric ester groups is 1. The van der Waals surface area contributed by atoms with Crippen LogP contribution in [0.4, 0.5) is 0 Å². The lowest BCUT2D eigenvalue weighted by atomic mass is 10.1. The van der Waals surface area contributed by atoms with Crippen LogP contribution in [0.2, 0.25) is 0 Å². The van der Waals surface area contributed by atoms with Crippen LogP contribution >= 0.6 is 19.6 Å². The van der Waals surface area contributed by atoms with Crippen molar-refractivity contribution in [2.24, 2.45) is 5.73 Å². The molecule has 0 saturated carbocycles. The van der Waals surface area contributed by atoms with Crippen LogP contribution in [0.5, 0.6) is 0 Å². The average Bonchev–Trinajstić information content (AvgIpc) is 3.26. The fraction of sp³-hybridized carbons (Fsp3) is 0.745. The highest BCUT2D eigenvalue weighted by molar-refractivity contribution is 8.00. The molecule has 0 aliphatic heterocycles. The number of esters is 2. The van der Waals surface area contributed by atoms with E-state index in [1.165, 1.54) is 88.8 Å². The van der Waals surface area contributed by atoms with Crippen molar-refractivity contribution in [1.82, 2.24) is 0 Å². The van der Waals surface area contributed by atoms with Crippen LogP contribution in [0, 0.1) is 0 Å². The molecule has 0 rings (SSSR count). The lowest BCUT2D eigenvalue weighted by Gasteiger charge is -2.24. The van der Waals surface area contributed by atoms with E-state index in [2.05, 4.69) is 38.2 Å². The maximum absolute atomic E-state index is 13.1. The number of allylic oxidation sites excluding steroid dienone is 9. The van der Waals surface area contributed by atoms with E-state index in [-0.39, 0.29) is 38.0 Å². The number of aliphatic carboxylic acids is 1. The zero-order chi connectivity index (χ0) is 49.2. The third-order valence-electron chi connectivity index (χ3n) is 10.5. The standard InChI is InChI=1S/C51H91N2O11PS/c1-6-8-10-12-14-16-18-20-21-22-23-24-26-28-30-32-34-39-50(57)64-45(43-63-65(59,60)62-41-40-53(3,4)5)42-61-51(58)46(52)44-66-48(47(54)36-35-38-49(55)56)37-33-31-29-27-25-19-17-15-13-11-9-7-2/h15,17,20-21,25,27,29,31,33,37,45-48,54H,6-14,16,18-19,22-24,26,28,30,32,34-36,38-44,52H2,1-5H3,(H-,55,56,59,60)/p+1/b17-15-,21-20-,27-25-,31-29+,37-33+/t45-,46+,47+,48-/m1/s1. The number of quaternary nitrogens is 1. The van der Waals surface area contributed by atoms with Crippen molar-refractivity contribution >= 4 is 37.5 Å². The molecule has 15 heteroatoms. The zero-order valence-electron chi connectivity index (χ0n) is 41.6. The number of likely N-dealkylation sites (N-methyl/N-ethyl adjacent to an activating group) is 1. The summed E-state index contributed by atoms with van der Waals surface area (Å²) in [6, 6.07) is -1.13. The number of nitrogens with two attached hydrogens (primary N) is 1. The number of carbonyl (C=O) groups is 3. The van der Waals surface area contributed by atoms with E-state index >= 15 is 0 Å². The van der Waals surface area contributed by atoms with E-state index < -0.39 is 62.4 Å². The number of nitrogens with zero attached hydrogens (tertiary/aromatic N) is 1. The zero-order valence-corrected chi connectivity index (χ0v) is 43.3. The van der Waals surface area contributed by atoms with Crippen LogP contribution in [0.15, 0.2) is 60.8 Å². The molecule has 0 aromatic heterocycles. The molecule has 0 radical (unpaired) electrons. The van der Waals surface area contributed by atoms with E-state index in [0.29, 0.717) is 17.4 Å². The van der Waals surface area contributed by atoms with Crippen molar-refractivity contribution in [3.05, 3.63) is 60.8 Å². The van der Waals surface area contributed by atoms with Gasteiger partial charge in [0, 0.05) is 23.8 Å². The maximum Gasteiger partial charge on any atom is 0.472 e. The first-order valence-electron chi connectivity index (χ1n) is 25.0. The number of thioether (sulfide) groups is 1. The summed E-state index contributed by atoms with van der Waals surface area (Å²) in [5, 5.41) is 19.5. The third kappa shape index (κ3) is 42.8. The summed E-state index contributed by atoms with van der Waals surface area (Å²) >= 11 is 1.23. The quantitative estimate of drug-likeness (QED) is 0.0113. The molecule has 13 nitrogen and oxygen atoms in total. The van der Waals surface area contributed by atoms with Crippen LogP contribution in [0.3, 0.4) is 0 Å². The maximum atomic E-state index is 13.1.